The fourth-order valence-corrected chi connectivity index (χ4v) is 5.80. The zero-order valence-electron chi connectivity index (χ0n) is 19.9. The minimum atomic E-state index is -0.685. The maximum atomic E-state index is 13.3. The van der Waals surface area contributed by atoms with Crippen molar-refractivity contribution in [3.05, 3.63) is 65.6 Å². The number of nitrogens with zero attached hydrogens (tertiary/aromatic N) is 5. The van der Waals surface area contributed by atoms with Gasteiger partial charge in [0.2, 0.25) is 0 Å². The van der Waals surface area contributed by atoms with Crippen LogP contribution >= 0.6 is 23.1 Å². The van der Waals surface area contributed by atoms with Crippen molar-refractivity contribution in [1.29, 1.82) is 0 Å². The van der Waals surface area contributed by atoms with Gasteiger partial charge in [-0.1, -0.05) is 35.7 Å². The van der Waals surface area contributed by atoms with E-state index < -0.39 is 6.23 Å². The molecule has 184 valence electrons. The lowest BCUT2D eigenvalue weighted by molar-refractivity contribution is 0.00671. The molecular formula is C24H28N6O3S2. The molecule has 35 heavy (non-hydrogen) atoms. The van der Waals surface area contributed by atoms with Gasteiger partial charge in [0.1, 0.15) is 6.23 Å². The summed E-state index contributed by atoms with van der Waals surface area (Å²) in [4.78, 5) is 34.7. The number of amides is 2. The molecule has 3 heterocycles. The Labute approximate surface area is 212 Å². The summed E-state index contributed by atoms with van der Waals surface area (Å²) >= 11 is 2.90. The van der Waals surface area contributed by atoms with Crippen molar-refractivity contribution in [1.82, 2.24) is 24.6 Å². The van der Waals surface area contributed by atoms with Crippen molar-refractivity contribution in [2.45, 2.75) is 29.2 Å². The second-order valence-corrected chi connectivity index (χ2v) is 10.7. The van der Waals surface area contributed by atoms with Crippen LogP contribution in [-0.2, 0) is 7.05 Å². The van der Waals surface area contributed by atoms with Gasteiger partial charge in [-0.3, -0.25) is 24.5 Å². The molecule has 3 aromatic rings. The maximum absolute atomic E-state index is 13.3. The van der Waals surface area contributed by atoms with Gasteiger partial charge in [-0.25, -0.2) is 4.98 Å². The maximum Gasteiger partial charge on any atom is 0.260 e. The Kier molecular flexibility index (Phi) is 7.70. The number of nitrogens with one attached hydrogen (secondary N) is 1. The van der Waals surface area contributed by atoms with Crippen LogP contribution in [0.5, 0.6) is 0 Å². The van der Waals surface area contributed by atoms with E-state index in [0.717, 1.165) is 20.2 Å². The molecule has 0 bridgehead atoms. The van der Waals surface area contributed by atoms with Gasteiger partial charge < -0.3 is 10.0 Å². The minimum Gasteiger partial charge on any atom is -0.375 e. The molecule has 0 saturated carbocycles. The van der Waals surface area contributed by atoms with Crippen molar-refractivity contribution in [3.8, 4) is 0 Å². The molecule has 2 N–H and O–H groups in total. The van der Waals surface area contributed by atoms with E-state index in [0.29, 0.717) is 42.4 Å². The number of anilines is 1. The number of carbonyl (C=O) groups excluding carboxylic acids is 2. The summed E-state index contributed by atoms with van der Waals surface area (Å²) in [5.41, 5.74) is 3.14. The number of rotatable bonds is 7. The van der Waals surface area contributed by atoms with Gasteiger partial charge in [0, 0.05) is 49.9 Å². The van der Waals surface area contributed by atoms with E-state index in [9.17, 15) is 14.7 Å². The average Bonchev–Trinajstić information content (AvgIpc) is 3.48. The third-order valence-corrected chi connectivity index (χ3v) is 8.00. The monoisotopic (exact) mass is 512 g/mol. The number of piperazine rings is 1. The number of carbonyl (C=O) groups is 2. The molecule has 9 nitrogen and oxygen atoms in total. The van der Waals surface area contributed by atoms with Gasteiger partial charge >= 0.3 is 0 Å². The first-order chi connectivity index (χ1) is 16.7. The van der Waals surface area contributed by atoms with Crippen molar-refractivity contribution in [3.63, 3.8) is 0 Å². The molecule has 1 aliphatic heterocycles. The molecule has 1 unspecified atom stereocenters. The Bertz CT molecular complexity index is 1250. The molecule has 1 saturated heterocycles. The van der Waals surface area contributed by atoms with Gasteiger partial charge in [0.05, 0.1) is 22.2 Å². The molecule has 0 aliphatic carbocycles. The van der Waals surface area contributed by atoms with E-state index >= 15 is 0 Å². The van der Waals surface area contributed by atoms with E-state index in [2.05, 4.69) is 22.0 Å². The molecule has 1 aliphatic rings. The highest BCUT2D eigenvalue weighted by Crippen LogP contribution is 2.37. The van der Waals surface area contributed by atoms with E-state index in [1.807, 2.05) is 35.8 Å². The molecule has 1 atom stereocenters. The summed E-state index contributed by atoms with van der Waals surface area (Å²) in [5, 5.41) is 17.3. The van der Waals surface area contributed by atoms with E-state index in [-0.39, 0.29) is 11.8 Å². The third-order valence-electron chi connectivity index (χ3n) is 5.82. The molecule has 2 aromatic heterocycles. The number of aryl methyl sites for hydroxylation is 3. The predicted molar refractivity (Wildman–Crippen MR) is 137 cm³/mol. The zero-order chi connectivity index (χ0) is 25.1. The smallest absolute Gasteiger partial charge is 0.260 e. The Morgan fingerprint density at radius 2 is 1.94 bits per heavy atom. The van der Waals surface area contributed by atoms with Crippen LogP contribution in [0.15, 0.2) is 52.5 Å². The van der Waals surface area contributed by atoms with Crippen molar-refractivity contribution < 1.29 is 14.7 Å². The van der Waals surface area contributed by atoms with Gasteiger partial charge in [0.25, 0.3) is 11.8 Å². The van der Waals surface area contributed by atoms with Crippen LogP contribution in [-0.4, -0.2) is 73.9 Å². The molecule has 0 radical (unpaired) electrons. The highest BCUT2D eigenvalue weighted by Gasteiger charge is 2.26. The summed E-state index contributed by atoms with van der Waals surface area (Å²) in [7, 11) is 1.76. The van der Waals surface area contributed by atoms with Crippen molar-refractivity contribution in [2.24, 2.45) is 7.05 Å². The summed E-state index contributed by atoms with van der Waals surface area (Å²) in [6, 6.07) is 3.97. The lowest BCUT2D eigenvalue weighted by atomic mass is 10.0. The number of aromatic nitrogens is 3. The molecule has 4 rings (SSSR count). The topological polar surface area (TPSA) is 104 Å². The van der Waals surface area contributed by atoms with Gasteiger partial charge in [-0.15, -0.1) is 0 Å². The normalized spacial score (nSPS) is 15.1. The Morgan fingerprint density at radius 1 is 1.20 bits per heavy atom. The predicted octanol–water partition coefficient (Wildman–Crippen LogP) is 3.16. The first kappa shape index (κ1) is 25.1. The second kappa shape index (κ2) is 10.7. The quantitative estimate of drug-likeness (QED) is 0.469. The van der Waals surface area contributed by atoms with Crippen LogP contribution in [0.1, 0.15) is 31.8 Å². The molecular weight excluding hydrogens is 484 g/mol. The van der Waals surface area contributed by atoms with Crippen LogP contribution in [0.25, 0.3) is 0 Å². The number of hydrogen-bond donors (Lipinski definition) is 2. The highest BCUT2D eigenvalue weighted by molar-refractivity contribution is 8.01. The summed E-state index contributed by atoms with van der Waals surface area (Å²) in [5.74, 6) is -0.269. The highest BCUT2D eigenvalue weighted by atomic mass is 32.2. The minimum absolute atomic E-state index is 0.00850. The molecule has 11 heteroatoms. The van der Waals surface area contributed by atoms with Gasteiger partial charge in [0.15, 0.2) is 5.13 Å². The lowest BCUT2D eigenvalue weighted by Crippen LogP contribution is -2.51. The second-order valence-electron chi connectivity index (χ2n) is 8.35. The van der Waals surface area contributed by atoms with Crippen molar-refractivity contribution >= 4 is 40.0 Å². The molecule has 1 aromatic carbocycles. The average molecular weight is 513 g/mol. The number of hydrogen-bond acceptors (Lipinski definition) is 8. The fourth-order valence-electron chi connectivity index (χ4n) is 3.86. The van der Waals surface area contributed by atoms with Crippen LogP contribution in [0, 0.1) is 13.8 Å². The summed E-state index contributed by atoms with van der Waals surface area (Å²) in [6.07, 6.45) is 5.69. The molecule has 0 spiro atoms. The zero-order valence-corrected chi connectivity index (χ0v) is 21.5. The van der Waals surface area contributed by atoms with Crippen LogP contribution in [0.3, 0.4) is 0 Å². The first-order valence-electron chi connectivity index (χ1n) is 11.1. The number of aliphatic hydroxyl groups excluding tert-OH is 1. The van der Waals surface area contributed by atoms with Gasteiger partial charge in [-0.2, -0.15) is 5.10 Å². The standard InChI is InChI=1S/C24H28N6O3S2/c1-5-20(31)29-6-8-30(9-7-29)23(33)18-11-19(16(3)10-15(18)2)34-21-13-25-24(35-21)27-22(32)17-12-26-28(4)14-17/h5,10-14,20,31H,1,6-9H2,2-4H3,(H,25,27,32). The van der Waals surface area contributed by atoms with E-state index in [1.54, 1.807) is 24.1 Å². The van der Waals surface area contributed by atoms with Gasteiger partial charge in [-0.05, 0) is 37.1 Å². The lowest BCUT2D eigenvalue weighted by Gasteiger charge is -2.36. The Hall–Kier alpha value is -2.99. The number of aliphatic hydroxyl groups is 1. The van der Waals surface area contributed by atoms with Crippen LogP contribution < -0.4 is 5.32 Å². The SMILES string of the molecule is C=CC(O)N1CCN(C(=O)c2cc(Sc3cnc(NC(=O)c4cnn(C)c4)s3)c(C)cc2C)CC1. The third kappa shape index (κ3) is 5.81. The Balaban J connectivity index is 1.44. The summed E-state index contributed by atoms with van der Waals surface area (Å²) in [6.45, 7) is 9.89. The summed E-state index contributed by atoms with van der Waals surface area (Å²) < 4.78 is 2.48. The largest absolute Gasteiger partial charge is 0.375 e. The van der Waals surface area contributed by atoms with E-state index in [1.165, 1.54) is 35.4 Å². The number of benzene rings is 1. The van der Waals surface area contributed by atoms with E-state index in [4.69, 9.17) is 0 Å². The van der Waals surface area contributed by atoms with Crippen LogP contribution in [0.2, 0.25) is 0 Å². The Morgan fingerprint density at radius 3 is 2.60 bits per heavy atom. The first-order valence-corrected chi connectivity index (χ1v) is 12.8. The molecule has 1 fully saturated rings. The van der Waals surface area contributed by atoms with Crippen molar-refractivity contribution in [2.75, 3.05) is 31.5 Å². The molecule has 2 amide bonds. The van der Waals surface area contributed by atoms with Crippen LogP contribution in [0.4, 0.5) is 5.13 Å². The number of thiazole rings is 1. The fraction of sp³-hybridized carbons (Fsp3) is 0.333.